The first kappa shape index (κ1) is 18.5. The van der Waals surface area contributed by atoms with E-state index < -0.39 is 10.1 Å². The maximum Gasteiger partial charge on any atom is 0.294 e. The molecule has 150 valence electrons. The fraction of sp³-hybridized carbons (Fsp3) is 0.0909. The first-order chi connectivity index (χ1) is 14.1. The highest BCUT2D eigenvalue weighted by atomic mass is 32.2. The van der Waals surface area contributed by atoms with Crippen molar-refractivity contribution in [3.63, 3.8) is 0 Å². The van der Waals surface area contributed by atoms with Crippen molar-refractivity contribution in [3.05, 3.63) is 74.0 Å². The summed E-state index contributed by atoms with van der Waals surface area (Å²) in [6.07, 6.45) is 0. The molecular formula is C22H16N2O5S. The first-order valence-corrected chi connectivity index (χ1v) is 10.6. The lowest BCUT2D eigenvalue weighted by Crippen LogP contribution is -2.11. The molecule has 0 radical (unpaired) electrons. The molecule has 3 N–H and O–H groups in total. The summed E-state index contributed by atoms with van der Waals surface area (Å²) in [5.74, 6) is 0. The number of aromatic amines is 2. The second-order valence-electron chi connectivity index (χ2n) is 7.49. The topological polar surface area (TPSA) is 120 Å². The van der Waals surface area contributed by atoms with Crippen molar-refractivity contribution in [2.24, 2.45) is 0 Å². The second-order valence-corrected chi connectivity index (χ2v) is 8.91. The number of hydrogen-bond acceptors (Lipinski definition) is 4. The van der Waals surface area contributed by atoms with Crippen molar-refractivity contribution in [1.82, 2.24) is 9.97 Å². The number of hydrogen-bond donors (Lipinski definition) is 3. The van der Waals surface area contributed by atoms with Gasteiger partial charge in [-0.25, -0.2) is 0 Å². The normalized spacial score (nSPS) is 12.4. The Hall–Kier alpha value is -3.49. The van der Waals surface area contributed by atoms with Crippen molar-refractivity contribution in [3.8, 4) is 0 Å². The fourth-order valence-electron chi connectivity index (χ4n) is 4.05. The maximum atomic E-state index is 13.2. The van der Waals surface area contributed by atoms with Crippen molar-refractivity contribution in [2.45, 2.75) is 18.7 Å². The Morgan fingerprint density at radius 2 is 1.43 bits per heavy atom. The lowest BCUT2D eigenvalue weighted by Gasteiger charge is -2.11. The van der Waals surface area contributed by atoms with Gasteiger partial charge in [-0.05, 0) is 61.4 Å². The van der Waals surface area contributed by atoms with Crippen LogP contribution in [0, 0.1) is 13.8 Å². The third kappa shape index (κ3) is 2.58. The molecule has 3 aromatic carbocycles. The number of H-pyrrole nitrogens is 2. The van der Waals surface area contributed by atoms with Gasteiger partial charge in [0.2, 0.25) is 0 Å². The van der Waals surface area contributed by atoms with Crippen LogP contribution < -0.4 is 10.9 Å². The highest BCUT2D eigenvalue weighted by Gasteiger charge is 2.16. The van der Waals surface area contributed by atoms with E-state index in [4.69, 9.17) is 0 Å². The van der Waals surface area contributed by atoms with Gasteiger partial charge in [-0.2, -0.15) is 8.42 Å². The van der Waals surface area contributed by atoms with E-state index in [1.54, 1.807) is 19.1 Å². The zero-order valence-electron chi connectivity index (χ0n) is 16.0. The second kappa shape index (κ2) is 6.01. The molecule has 0 bridgehead atoms. The van der Waals surface area contributed by atoms with Crippen LogP contribution in [0.25, 0.3) is 43.6 Å². The van der Waals surface area contributed by atoms with E-state index in [0.717, 1.165) is 5.56 Å². The predicted octanol–water partition coefficient (Wildman–Crippen LogP) is 3.54. The number of aryl methyl sites for hydroxylation is 2. The average Bonchev–Trinajstić information content (AvgIpc) is 2.68. The maximum absolute atomic E-state index is 13.2. The molecule has 0 aliphatic rings. The molecule has 0 aliphatic carbocycles. The van der Waals surface area contributed by atoms with Gasteiger partial charge in [-0.3, -0.25) is 14.1 Å². The van der Waals surface area contributed by atoms with Gasteiger partial charge in [0, 0.05) is 16.2 Å². The molecule has 2 heterocycles. The molecule has 0 aliphatic heterocycles. The van der Waals surface area contributed by atoms with Crippen LogP contribution in [0.2, 0.25) is 0 Å². The first-order valence-electron chi connectivity index (χ1n) is 9.18. The Morgan fingerprint density at radius 3 is 2.17 bits per heavy atom. The van der Waals surface area contributed by atoms with Crippen LogP contribution in [0.1, 0.15) is 11.1 Å². The molecule has 30 heavy (non-hydrogen) atoms. The molecule has 2 aromatic heterocycles. The molecule has 0 saturated heterocycles. The molecule has 8 heteroatoms. The Bertz CT molecular complexity index is 1780. The van der Waals surface area contributed by atoms with Gasteiger partial charge in [-0.15, -0.1) is 0 Å². The van der Waals surface area contributed by atoms with Crippen molar-refractivity contribution < 1.29 is 13.0 Å². The molecule has 5 rings (SSSR count). The van der Waals surface area contributed by atoms with Crippen molar-refractivity contribution >= 4 is 53.7 Å². The van der Waals surface area contributed by atoms with E-state index in [0.29, 0.717) is 38.3 Å². The van der Waals surface area contributed by atoms with Crippen LogP contribution in [0.15, 0.2) is 56.9 Å². The van der Waals surface area contributed by atoms with Crippen molar-refractivity contribution in [1.29, 1.82) is 0 Å². The summed E-state index contributed by atoms with van der Waals surface area (Å²) in [6, 6.07) is 10.9. The van der Waals surface area contributed by atoms with Crippen LogP contribution in [0.5, 0.6) is 0 Å². The lowest BCUT2D eigenvalue weighted by atomic mass is 10.00. The van der Waals surface area contributed by atoms with Gasteiger partial charge >= 0.3 is 0 Å². The molecule has 0 unspecified atom stereocenters. The van der Waals surface area contributed by atoms with Crippen molar-refractivity contribution in [2.75, 3.05) is 0 Å². The summed E-state index contributed by atoms with van der Waals surface area (Å²) in [4.78, 5) is 32.3. The molecule has 7 nitrogen and oxygen atoms in total. The standard InChI is InChI=1S/C22H16N2O5S/c1-10-3-5-13-16(7-10)24-20-11(2)19-18(9-15(20)21(13)25)23-17-8-12(30(27,28)29)4-6-14(17)22(19)26/h3-9H,1-2H3,(H,23,26)(H,24,25)(H,27,28,29). The molecule has 0 saturated carbocycles. The third-order valence-electron chi connectivity index (χ3n) is 5.53. The average molecular weight is 420 g/mol. The predicted molar refractivity (Wildman–Crippen MR) is 117 cm³/mol. The van der Waals surface area contributed by atoms with Gasteiger partial charge in [0.15, 0.2) is 10.9 Å². The number of aromatic nitrogens is 2. The highest BCUT2D eigenvalue weighted by Crippen LogP contribution is 2.26. The molecular weight excluding hydrogens is 404 g/mol. The number of fused-ring (bicyclic) bond motifs is 4. The van der Waals surface area contributed by atoms with E-state index in [9.17, 15) is 22.6 Å². The van der Waals surface area contributed by atoms with E-state index in [-0.39, 0.29) is 26.7 Å². The van der Waals surface area contributed by atoms with Crippen LogP contribution in [0.3, 0.4) is 0 Å². The Labute approximate surface area is 169 Å². The molecule has 0 atom stereocenters. The molecule has 5 aromatic rings. The summed E-state index contributed by atoms with van der Waals surface area (Å²) in [5, 5.41) is 1.68. The van der Waals surface area contributed by atoms with Gasteiger partial charge in [0.05, 0.1) is 32.3 Å². The summed E-state index contributed by atoms with van der Waals surface area (Å²) >= 11 is 0. The minimum Gasteiger partial charge on any atom is -0.354 e. The summed E-state index contributed by atoms with van der Waals surface area (Å²) in [6.45, 7) is 3.71. The highest BCUT2D eigenvalue weighted by molar-refractivity contribution is 7.85. The van der Waals surface area contributed by atoms with Crippen LogP contribution in [-0.2, 0) is 10.1 Å². The zero-order valence-corrected chi connectivity index (χ0v) is 16.8. The van der Waals surface area contributed by atoms with Gasteiger partial charge in [-0.1, -0.05) is 6.07 Å². The monoisotopic (exact) mass is 420 g/mol. The Morgan fingerprint density at radius 1 is 0.767 bits per heavy atom. The van der Waals surface area contributed by atoms with Gasteiger partial charge in [0.25, 0.3) is 10.1 Å². The minimum atomic E-state index is -4.41. The van der Waals surface area contributed by atoms with Gasteiger partial charge < -0.3 is 9.97 Å². The number of pyridine rings is 2. The molecule has 0 amide bonds. The molecule has 0 fully saturated rings. The number of rotatable bonds is 1. The minimum absolute atomic E-state index is 0.156. The summed E-state index contributed by atoms with van der Waals surface area (Å²) in [7, 11) is -4.41. The Kier molecular flexibility index (Phi) is 3.71. The SMILES string of the molecule is Cc1ccc2c(=O)c3cc4[nH]c5cc(S(=O)(=O)O)ccc5c(=O)c4c(C)c3[nH]c2c1. The van der Waals surface area contributed by atoms with E-state index in [1.165, 1.54) is 18.2 Å². The van der Waals surface area contributed by atoms with Crippen LogP contribution in [-0.4, -0.2) is 22.9 Å². The van der Waals surface area contributed by atoms with E-state index in [2.05, 4.69) is 9.97 Å². The number of nitrogens with one attached hydrogen (secondary N) is 2. The zero-order chi connectivity index (χ0) is 21.4. The number of benzene rings is 3. The lowest BCUT2D eigenvalue weighted by molar-refractivity contribution is 0.483. The fourth-order valence-corrected chi connectivity index (χ4v) is 4.56. The molecule has 0 spiro atoms. The van der Waals surface area contributed by atoms with E-state index in [1.807, 2.05) is 19.1 Å². The summed E-state index contributed by atoms with van der Waals surface area (Å²) in [5.41, 5.74) is 3.16. The summed E-state index contributed by atoms with van der Waals surface area (Å²) < 4.78 is 32.2. The van der Waals surface area contributed by atoms with E-state index >= 15 is 0 Å². The Balaban J connectivity index is 1.99. The quantitative estimate of drug-likeness (QED) is 0.283. The van der Waals surface area contributed by atoms with Gasteiger partial charge in [0.1, 0.15) is 0 Å². The van der Waals surface area contributed by atoms with Crippen LogP contribution in [0.4, 0.5) is 0 Å². The van der Waals surface area contributed by atoms with Crippen LogP contribution >= 0.6 is 0 Å². The largest absolute Gasteiger partial charge is 0.354 e. The smallest absolute Gasteiger partial charge is 0.294 e. The third-order valence-corrected chi connectivity index (χ3v) is 6.38.